The third kappa shape index (κ3) is 9.15. The van der Waals surface area contributed by atoms with Gasteiger partial charge in [0.05, 0.1) is 24.8 Å². The predicted molar refractivity (Wildman–Crippen MR) is 92.1 cm³/mol. The van der Waals surface area contributed by atoms with Gasteiger partial charge in [0, 0.05) is 0 Å². The molecule has 0 saturated carbocycles. The van der Waals surface area contributed by atoms with E-state index in [1.807, 2.05) is 0 Å². The van der Waals surface area contributed by atoms with Crippen molar-refractivity contribution in [3.63, 3.8) is 0 Å². The molecule has 0 aromatic heterocycles. The van der Waals surface area contributed by atoms with Crippen molar-refractivity contribution in [3.8, 4) is 0 Å². The lowest BCUT2D eigenvalue weighted by molar-refractivity contribution is -0.215. The first-order valence-corrected chi connectivity index (χ1v) is 7.75. The molecule has 27 heavy (non-hydrogen) atoms. The van der Waals surface area contributed by atoms with Gasteiger partial charge in [0.25, 0.3) is 0 Å². The number of anilines is 1. The van der Waals surface area contributed by atoms with Gasteiger partial charge >= 0.3 is 5.97 Å². The molecule has 1 aromatic rings. The third-order valence-corrected chi connectivity index (χ3v) is 3.22. The summed E-state index contributed by atoms with van der Waals surface area (Å²) in [5.74, 6) is -3.05. The number of hydrogen-bond donors (Lipinski definition) is 7. The quantitative estimate of drug-likeness (QED) is 0.164. The lowest BCUT2D eigenvalue weighted by atomic mass is 10.1. The zero-order chi connectivity index (χ0) is 20.2. The Balaban J connectivity index is 2.30. The van der Waals surface area contributed by atoms with Gasteiger partial charge in [-0.25, -0.2) is 10.7 Å². The van der Waals surface area contributed by atoms with Crippen LogP contribution in [0, 0.1) is 0 Å². The first-order valence-electron chi connectivity index (χ1n) is 7.75. The topological polar surface area (TPSA) is 192 Å². The van der Waals surface area contributed by atoms with Crippen LogP contribution in [-0.2, 0) is 30.6 Å². The number of nitrogens with one attached hydrogen (secondary N) is 4. The number of hydrogen-bond acceptors (Lipinski definition) is 8. The van der Waals surface area contributed by atoms with E-state index in [9.17, 15) is 19.2 Å². The summed E-state index contributed by atoms with van der Waals surface area (Å²) in [7, 11) is 0. The lowest BCUT2D eigenvalue weighted by Crippen LogP contribution is -2.47. The minimum atomic E-state index is -1.21. The van der Waals surface area contributed by atoms with Crippen molar-refractivity contribution in [2.75, 3.05) is 25.1 Å². The van der Waals surface area contributed by atoms with Gasteiger partial charge in [0.2, 0.25) is 17.7 Å². The number of amides is 3. The molecule has 0 aliphatic carbocycles. The molecule has 0 radical (unpaired) electrons. The van der Waals surface area contributed by atoms with Gasteiger partial charge in [-0.3, -0.25) is 19.2 Å². The first-order chi connectivity index (χ1) is 12.8. The molecule has 12 nitrogen and oxygen atoms in total. The molecule has 1 rings (SSSR count). The van der Waals surface area contributed by atoms with Crippen LogP contribution in [0.15, 0.2) is 24.3 Å². The summed E-state index contributed by atoms with van der Waals surface area (Å²) in [5.41, 5.74) is 9.25. The minimum Gasteiger partial charge on any atom is -0.480 e. The monoisotopic (exact) mass is 383 g/mol. The standard InChI is InChI=1S/C15H21N5O7/c16-11(5-9-1-3-10(4-2-9)20-27-26)15(25)19-7-13(22)17-6-12(21)18-8-14(23)24/h1-4,11,20,26H,5-8,16H2,(H,17,22)(H,18,21)(H,19,25)(H,23,24). The second-order valence-corrected chi connectivity index (χ2v) is 5.37. The SMILES string of the molecule is NC(Cc1ccc(NOO)cc1)C(=O)NCC(=O)NCC(=O)NCC(=O)O. The second kappa shape index (κ2) is 11.4. The van der Waals surface area contributed by atoms with Crippen LogP contribution in [0.4, 0.5) is 5.69 Å². The van der Waals surface area contributed by atoms with Gasteiger partial charge in [-0.05, 0) is 24.1 Å². The normalized spacial score (nSPS) is 11.2. The van der Waals surface area contributed by atoms with Crippen molar-refractivity contribution in [1.82, 2.24) is 16.0 Å². The van der Waals surface area contributed by atoms with Gasteiger partial charge < -0.3 is 26.8 Å². The summed E-state index contributed by atoms with van der Waals surface area (Å²) < 4.78 is 0. The Bertz CT molecular complexity index is 665. The van der Waals surface area contributed by atoms with E-state index < -0.39 is 42.8 Å². The summed E-state index contributed by atoms with van der Waals surface area (Å²) in [4.78, 5) is 48.8. The van der Waals surface area contributed by atoms with Gasteiger partial charge in [-0.1, -0.05) is 12.1 Å². The van der Waals surface area contributed by atoms with Crippen molar-refractivity contribution >= 4 is 29.4 Å². The predicted octanol–water partition coefficient (Wildman–Crippen LogP) is -2.19. The van der Waals surface area contributed by atoms with E-state index in [1.54, 1.807) is 24.3 Å². The average Bonchev–Trinajstić information content (AvgIpc) is 2.64. The Kier molecular flexibility index (Phi) is 9.22. The van der Waals surface area contributed by atoms with Gasteiger partial charge in [-0.2, -0.15) is 0 Å². The van der Waals surface area contributed by atoms with Gasteiger partial charge in [-0.15, -0.1) is 4.99 Å². The summed E-state index contributed by atoms with van der Waals surface area (Å²) >= 11 is 0. The summed E-state index contributed by atoms with van der Waals surface area (Å²) in [6.07, 6.45) is 0.214. The summed E-state index contributed by atoms with van der Waals surface area (Å²) in [6.45, 7) is -1.34. The molecule has 12 heteroatoms. The molecule has 0 aliphatic heterocycles. The first kappa shape index (κ1) is 21.8. The van der Waals surface area contributed by atoms with E-state index >= 15 is 0 Å². The number of carbonyl (C=O) groups excluding carboxylic acids is 3. The van der Waals surface area contributed by atoms with E-state index in [0.717, 1.165) is 5.56 Å². The van der Waals surface area contributed by atoms with Crippen molar-refractivity contribution in [3.05, 3.63) is 29.8 Å². The maximum absolute atomic E-state index is 11.9. The highest BCUT2D eigenvalue weighted by molar-refractivity contribution is 5.90. The molecule has 0 bridgehead atoms. The van der Waals surface area contributed by atoms with Crippen molar-refractivity contribution < 1.29 is 34.5 Å². The molecule has 1 atom stereocenters. The summed E-state index contributed by atoms with van der Waals surface area (Å²) in [6, 6.07) is 5.68. The number of benzene rings is 1. The molecule has 0 spiro atoms. The van der Waals surface area contributed by atoms with E-state index in [0.29, 0.717) is 5.69 Å². The maximum Gasteiger partial charge on any atom is 0.322 e. The van der Waals surface area contributed by atoms with Gasteiger partial charge in [0.1, 0.15) is 6.54 Å². The van der Waals surface area contributed by atoms with Crippen LogP contribution in [0.25, 0.3) is 0 Å². The number of carboxylic acid groups (broad SMARTS) is 1. The van der Waals surface area contributed by atoms with Crippen molar-refractivity contribution in [1.29, 1.82) is 0 Å². The molecule has 0 aliphatic rings. The second-order valence-electron chi connectivity index (χ2n) is 5.37. The Labute approximate surface area is 153 Å². The molecule has 1 unspecified atom stereocenters. The summed E-state index contributed by atoms with van der Waals surface area (Å²) in [5, 5.41) is 23.3. The molecule has 148 valence electrons. The number of carbonyl (C=O) groups is 4. The van der Waals surface area contributed by atoms with Crippen LogP contribution in [-0.4, -0.2) is 59.7 Å². The number of aliphatic carboxylic acids is 1. The number of nitrogens with two attached hydrogens (primary N) is 1. The Morgan fingerprint density at radius 2 is 1.52 bits per heavy atom. The molecule has 0 fully saturated rings. The number of rotatable bonds is 11. The van der Waals surface area contributed by atoms with Crippen LogP contribution < -0.4 is 27.2 Å². The maximum atomic E-state index is 11.9. The van der Waals surface area contributed by atoms with E-state index in [1.165, 1.54) is 0 Å². The van der Waals surface area contributed by atoms with E-state index in [-0.39, 0.29) is 13.0 Å². The van der Waals surface area contributed by atoms with Crippen molar-refractivity contribution in [2.45, 2.75) is 12.5 Å². The fourth-order valence-electron chi connectivity index (χ4n) is 1.88. The smallest absolute Gasteiger partial charge is 0.322 e. The molecular weight excluding hydrogens is 362 g/mol. The van der Waals surface area contributed by atoms with Crippen LogP contribution >= 0.6 is 0 Å². The molecular formula is C15H21N5O7. The fraction of sp³-hybridized carbons (Fsp3) is 0.333. The minimum absolute atomic E-state index is 0.214. The van der Waals surface area contributed by atoms with Crippen molar-refractivity contribution in [2.24, 2.45) is 5.73 Å². The van der Waals surface area contributed by atoms with Crippen LogP contribution in [0.1, 0.15) is 5.56 Å². The Morgan fingerprint density at radius 3 is 2.07 bits per heavy atom. The highest BCUT2D eigenvalue weighted by Gasteiger charge is 2.15. The Hall–Kier alpha value is -3.22. The highest BCUT2D eigenvalue weighted by Crippen LogP contribution is 2.10. The molecule has 0 saturated heterocycles. The molecule has 3 amide bonds. The van der Waals surface area contributed by atoms with E-state index in [4.69, 9.17) is 16.1 Å². The van der Waals surface area contributed by atoms with Gasteiger partial charge in [0.15, 0.2) is 0 Å². The lowest BCUT2D eigenvalue weighted by Gasteiger charge is -2.13. The average molecular weight is 383 g/mol. The van der Waals surface area contributed by atoms with Crippen LogP contribution in [0.5, 0.6) is 0 Å². The number of carboxylic acids is 1. The van der Waals surface area contributed by atoms with E-state index in [2.05, 4.69) is 26.4 Å². The van der Waals surface area contributed by atoms with Crippen LogP contribution in [0.3, 0.4) is 0 Å². The van der Waals surface area contributed by atoms with Crippen LogP contribution in [0.2, 0.25) is 0 Å². The largest absolute Gasteiger partial charge is 0.480 e. The molecule has 0 heterocycles. The molecule has 8 N–H and O–H groups in total. The Morgan fingerprint density at radius 1 is 0.963 bits per heavy atom. The zero-order valence-corrected chi connectivity index (χ0v) is 14.2. The highest BCUT2D eigenvalue weighted by atomic mass is 17.2. The fourth-order valence-corrected chi connectivity index (χ4v) is 1.88. The molecule has 1 aromatic carbocycles. The third-order valence-electron chi connectivity index (χ3n) is 3.22. The zero-order valence-electron chi connectivity index (χ0n) is 14.2.